The maximum absolute atomic E-state index is 5.56. The minimum Gasteiger partial charge on any atom is -0.379 e. The van der Waals surface area contributed by atoms with E-state index in [1.54, 1.807) is 0 Å². The monoisotopic (exact) mass is 265 g/mol. The number of nitrogen functional groups attached to an aromatic ring is 1. The zero-order valence-electron chi connectivity index (χ0n) is 12.1. The van der Waals surface area contributed by atoms with Crippen molar-refractivity contribution in [2.45, 2.75) is 39.2 Å². The molecule has 1 aromatic heterocycles. The second-order valence-electron chi connectivity index (χ2n) is 5.31. The first-order chi connectivity index (χ1) is 9.04. The van der Waals surface area contributed by atoms with E-state index in [9.17, 15) is 0 Å². The van der Waals surface area contributed by atoms with Crippen LogP contribution >= 0.6 is 0 Å². The molecule has 19 heavy (non-hydrogen) atoms. The molecule has 6 heteroatoms. The molecule has 1 fully saturated rings. The van der Waals surface area contributed by atoms with Crippen molar-refractivity contribution in [2.24, 2.45) is 5.84 Å². The van der Waals surface area contributed by atoms with Gasteiger partial charge >= 0.3 is 0 Å². The number of nitrogens with one attached hydrogen (secondary N) is 1. The molecule has 3 N–H and O–H groups in total. The Balaban J connectivity index is 2.39. The summed E-state index contributed by atoms with van der Waals surface area (Å²) in [6.07, 6.45) is 1.03. The van der Waals surface area contributed by atoms with Crippen LogP contribution in [0.4, 0.5) is 11.6 Å². The van der Waals surface area contributed by atoms with Crippen molar-refractivity contribution in [3.63, 3.8) is 0 Å². The van der Waals surface area contributed by atoms with Gasteiger partial charge in [0.05, 0.1) is 12.6 Å². The lowest BCUT2D eigenvalue weighted by atomic mass is 10.1. The van der Waals surface area contributed by atoms with Crippen molar-refractivity contribution in [3.05, 3.63) is 11.4 Å². The minimum absolute atomic E-state index is 0.264. The van der Waals surface area contributed by atoms with Crippen molar-refractivity contribution in [3.8, 4) is 0 Å². The zero-order chi connectivity index (χ0) is 14.0. The van der Waals surface area contributed by atoms with Gasteiger partial charge in [0.2, 0.25) is 0 Å². The Morgan fingerprint density at radius 1 is 1.42 bits per heavy atom. The number of ether oxygens (including phenoxy) is 1. The van der Waals surface area contributed by atoms with E-state index < -0.39 is 0 Å². The Hall–Kier alpha value is -1.40. The molecule has 2 heterocycles. The van der Waals surface area contributed by atoms with E-state index in [0.717, 1.165) is 36.8 Å². The fourth-order valence-electron chi connectivity index (χ4n) is 2.26. The van der Waals surface area contributed by atoms with Crippen molar-refractivity contribution in [2.75, 3.05) is 30.6 Å². The van der Waals surface area contributed by atoms with E-state index in [1.165, 1.54) is 0 Å². The molecule has 0 bridgehead atoms. The molecule has 1 unspecified atom stereocenters. The van der Waals surface area contributed by atoms with Gasteiger partial charge in [0, 0.05) is 25.1 Å². The largest absolute Gasteiger partial charge is 0.379 e. The molecule has 1 aromatic rings. The summed E-state index contributed by atoms with van der Waals surface area (Å²) in [6.45, 7) is 7.71. The summed E-state index contributed by atoms with van der Waals surface area (Å²) < 4.78 is 5.45. The molecule has 0 saturated carbocycles. The van der Waals surface area contributed by atoms with Crippen molar-refractivity contribution >= 4 is 11.6 Å². The van der Waals surface area contributed by atoms with Gasteiger partial charge in [0.15, 0.2) is 0 Å². The second kappa shape index (κ2) is 5.71. The molecule has 106 valence electrons. The van der Waals surface area contributed by atoms with Gasteiger partial charge in [-0.25, -0.2) is 15.8 Å². The van der Waals surface area contributed by atoms with E-state index in [-0.39, 0.29) is 5.92 Å². The number of anilines is 2. The van der Waals surface area contributed by atoms with Crippen LogP contribution in [0.5, 0.6) is 0 Å². The standard InChI is InChI=1S/C13H23N5O/c1-8(2)11-15-12(17-14)9(3)13(16-11)18(4)10-5-6-19-7-10/h8,10H,5-7,14H2,1-4H3,(H,15,16,17). The van der Waals surface area contributed by atoms with Crippen LogP contribution in [0.1, 0.15) is 37.6 Å². The molecular formula is C13H23N5O. The minimum atomic E-state index is 0.264. The fourth-order valence-corrected chi connectivity index (χ4v) is 2.26. The zero-order valence-corrected chi connectivity index (χ0v) is 12.1. The van der Waals surface area contributed by atoms with E-state index in [1.807, 2.05) is 6.92 Å². The van der Waals surface area contributed by atoms with Gasteiger partial charge < -0.3 is 15.1 Å². The summed E-state index contributed by atoms with van der Waals surface area (Å²) in [5.74, 6) is 8.25. The van der Waals surface area contributed by atoms with Crippen molar-refractivity contribution in [1.82, 2.24) is 9.97 Å². The second-order valence-corrected chi connectivity index (χ2v) is 5.31. The third-order valence-corrected chi connectivity index (χ3v) is 3.58. The first-order valence-corrected chi connectivity index (χ1v) is 6.70. The Kier molecular flexibility index (Phi) is 4.21. The van der Waals surface area contributed by atoms with E-state index >= 15 is 0 Å². The van der Waals surface area contributed by atoms with Crippen LogP contribution in [-0.2, 0) is 4.74 Å². The molecule has 1 aliphatic heterocycles. The third-order valence-electron chi connectivity index (χ3n) is 3.58. The smallest absolute Gasteiger partial charge is 0.148 e. The third kappa shape index (κ3) is 2.79. The number of rotatable bonds is 4. The lowest BCUT2D eigenvalue weighted by Gasteiger charge is -2.27. The van der Waals surface area contributed by atoms with Gasteiger partial charge in [0.25, 0.3) is 0 Å². The number of hydrazine groups is 1. The van der Waals surface area contributed by atoms with E-state index in [4.69, 9.17) is 10.6 Å². The summed E-state index contributed by atoms with van der Waals surface area (Å²) in [4.78, 5) is 11.3. The number of nitrogens with two attached hydrogens (primary N) is 1. The molecule has 2 rings (SSSR count). The molecule has 0 amide bonds. The average molecular weight is 265 g/mol. The first-order valence-electron chi connectivity index (χ1n) is 6.70. The molecule has 1 aliphatic rings. The topological polar surface area (TPSA) is 76.3 Å². The van der Waals surface area contributed by atoms with Crippen LogP contribution in [0.25, 0.3) is 0 Å². The SMILES string of the molecule is Cc1c(NN)nc(C(C)C)nc1N(C)C1CCOC1. The Morgan fingerprint density at radius 3 is 2.68 bits per heavy atom. The van der Waals surface area contributed by atoms with Gasteiger partial charge in [-0.05, 0) is 13.3 Å². The van der Waals surface area contributed by atoms with Crippen LogP contribution in [-0.4, -0.2) is 36.3 Å². The summed E-state index contributed by atoms with van der Waals surface area (Å²) in [5.41, 5.74) is 3.64. The number of aromatic nitrogens is 2. The maximum atomic E-state index is 5.56. The fraction of sp³-hybridized carbons (Fsp3) is 0.692. The maximum Gasteiger partial charge on any atom is 0.148 e. The van der Waals surface area contributed by atoms with Gasteiger partial charge in [0.1, 0.15) is 17.5 Å². The van der Waals surface area contributed by atoms with Crippen molar-refractivity contribution in [1.29, 1.82) is 0 Å². The molecule has 1 atom stereocenters. The summed E-state index contributed by atoms with van der Waals surface area (Å²) in [6, 6.07) is 0.374. The number of hydrogen-bond donors (Lipinski definition) is 2. The number of nitrogens with zero attached hydrogens (tertiary/aromatic N) is 3. The highest BCUT2D eigenvalue weighted by molar-refractivity contribution is 5.58. The first kappa shape index (κ1) is 14.0. The van der Waals surface area contributed by atoms with Crippen molar-refractivity contribution < 1.29 is 4.74 Å². The number of likely N-dealkylation sites (N-methyl/N-ethyl adjacent to an activating group) is 1. The number of hydrogen-bond acceptors (Lipinski definition) is 6. The Morgan fingerprint density at radius 2 is 2.16 bits per heavy atom. The lowest BCUT2D eigenvalue weighted by molar-refractivity contribution is 0.193. The van der Waals surface area contributed by atoms with Crippen LogP contribution in [0.15, 0.2) is 0 Å². The van der Waals surface area contributed by atoms with Gasteiger partial charge in [-0.1, -0.05) is 13.8 Å². The van der Waals surface area contributed by atoms with Gasteiger partial charge in [-0.15, -0.1) is 0 Å². The Bertz CT molecular complexity index is 443. The summed E-state index contributed by atoms with van der Waals surface area (Å²) in [7, 11) is 2.05. The van der Waals surface area contributed by atoms with Crippen LogP contribution in [0.2, 0.25) is 0 Å². The quantitative estimate of drug-likeness (QED) is 0.633. The molecule has 0 radical (unpaired) electrons. The highest BCUT2D eigenvalue weighted by Crippen LogP contribution is 2.27. The molecule has 1 saturated heterocycles. The Labute approximate surface area is 114 Å². The van der Waals surface area contributed by atoms with Crippen LogP contribution in [0.3, 0.4) is 0 Å². The molecular weight excluding hydrogens is 242 g/mol. The average Bonchev–Trinajstić information content (AvgIpc) is 2.91. The molecule has 0 aliphatic carbocycles. The summed E-state index contributed by atoms with van der Waals surface area (Å²) in [5, 5.41) is 0. The predicted molar refractivity (Wildman–Crippen MR) is 76.3 cm³/mol. The highest BCUT2D eigenvalue weighted by atomic mass is 16.5. The van der Waals surface area contributed by atoms with Gasteiger partial charge in [-0.3, -0.25) is 0 Å². The summed E-state index contributed by atoms with van der Waals surface area (Å²) >= 11 is 0. The van der Waals surface area contributed by atoms with Crippen LogP contribution < -0.4 is 16.2 Å². The van der Waals surface area contributed by atoms with Crippen LogP contribution in [0, 0.1) is 6.92 Å². The highest BCUT2D eigenvalue weighted by Gasteiger charge is 2.24. The van der Waals surface area contributed by atoms with E-state index in [0.29, 0.717) is 11.9 Å². The lowest BCUT2D eigenvalue weighted by Crippen LogP contribution is -2.33. The molecule has 0 aromatic carbocycles. The predicted octanol–water partition coefficient (Wildman–Crippen LogP) is 1.42. The van der Waals surface area contributed by atoms with E-state index in [2.05, 4.69) is 41.2 Å². The molecule has 0 spiro atoms. The normalized spacial score (nSPS) is 18.9. The molecule has 6 nitrogen and oxygen atoms in total. The van der Waals surface area contributed by atoms with Gasteiger partial charge in [-0.2, -0.15) is 0 Å².